The van der Waals surface area contributed by atoms with E-state index in [2.05, 4.69) is 4.98 Å². The molecule has 0 bridgehead atoms. The van der Waals surface area contributed by atoms with Crippen LogP contribution in [0.3, 0.4) is 0 Å². The number of hydrogen-bond donors (Lipinski definition) is 1. The van der Waals surface area contributed by atoms with Gasteiger partial charge in [0.15, 0.2) is 5.75 Å². The number of rotatable bonds is 2. The molecule has 0 saturated carbocycles. The smallest absolute Gasteiger partial charge is 0.153 e. The van der Waals surface area contributed by atoms with Gasteiger partial charge in [-0.2, -0.15) is 0 Å². The molecule has 0 aliphatic rings. The lowest BCUT2D eigenvalue weighted by Crippen LogP contribution is -1.92. The molecule has 0 spiro atoms. The Morgan fingerprint density at radius 1 is 1.13 bits per heavy atom. The average molecular weight is 204 g/mol. The van der Waals surface area contributed by atoms with Gasteiger partial charge in [-0.25, -0.2) is 4.39 Å². The van der Waals surface area contributed by atoms with Gasteiger partial charge in [0.05, 0.1) is 5.69 Å². The van der Waals surface area contributed by atoms with Crippen molar-refractivity contribution in [1.29, 1.82) is 0 Å². The molecule has 0 saturated heterocycles. The Kier molecular flexibility index (Phi) is 2.49. The van der Waals surface area contributed by atoms with Crippen LogP contribution in [-0.4, -0.2) is 4.98 Å². The zero-order valence-electron chi connectivity index (χ0n) is 7.85. The van der Waals surface area contributed by atoms with E-state index in [0.717, 1.165) is 0 Å². The Hall–Kier alpha value is -2.10. The van der Waals surface area contributed by atoms with Crippen molar-refractivity contribution >= 4 is 5.69 Å². The number of hydrogen-bond acceptors (Lipinski definition) is 3. The Morgan fingerprint density at radius 3 is 2.60 bits per heavy atom. The molecule has 0 aliphatic carbocycles. The van der Waals surface area contributed by atoms with Crippen LogP contribution in [0, 0.1) is 5.82 Å². The van der Waals surface area contributed by atoms with Gasteiger partial charge in [0.25, 0.3) is 0 Å². The SMILES string of the molecule is Nc1ccc(F)cc1Oc1ccncc1. The molecular weight excluding hydrogens is 195 g/mol. The van der Waals surface area contributed by atoms with Gasteiger partial charge in [0.1, 0.15) is 11.6 Å². The van der Waals surface area contributed by atoms with Crippen LogP contribution in [0.15, 0.2) is 42.7 Å². The molecule has 0 atom stereocenters. The molecule has 0 fully saturated rings. The second kappa shape index (κ2) is 3.96. The van der Waals surface area contributed by atoms with Crippen molar-refractivity contribution in [3.05, 3.63) is 48.5 Å². The molecule has 3 nitrogen and oxygen atoms in total. The lowest BCUT2D eigenvalue weighted by Gasteiger charge is -2.07. The highest BCUT2D eigenvalue weighted by Gasteiger charge is 2.03. The minimum absolute atomic E-state index is 0.307. The number of nitrogen functional groups attached to an aromatic ring is 1. The zero-order valence-corrected chi connectivity index (χ0v) is 7.85. The molecule has 1 aromatic carbocycles. The summed E-state index contributed by atoms with van der Waals surface area (Å²) in [6.07, 6.45) is 3.18. The highest BCUT2D eigenvalue weighted by molar-refractivity contribution is 5.53. The van der Waals surface area contributed by atoms with Gasteiger partial charge in [-0.3, -0.25) is 4.98 Å². The maximum atomic E-state index is 12.9. The van der Waals surface area contributed by atoms with Crippen molar-refractivity contribution < 1.29 is 9.13 Å². The Balaban J connectivity index is 2.28. The molecule has 1 heterocycles. The second-order valence-electron chi connectivity index (χ2n) is 2.97. The molecular formula is C11H9FN2O. The van der Waals surface area contributed by atoms with Crippen LogP contribution in [0.25, 0.3) is 0 Å². The van der Waals surface area contributed by atoms with Crippen LogP contribution in [-0.2, 0) is 0 Å². The van der Waals surface area contributed by atoms with E-state index in [1.807, 2.05) is 0 Å². The van der Waals surface area contributed by atoms with Gasteiger partial charge < -0.3 is 10.5 Å². The molecule has 15 heavy (non-hydrogen) atoms. The largest absolute Gasteiger partial charge is 0.455 e. The second-order valence-corrected chi connectivity index (χ2v) is 2.97. The summed E-state index contributed by atoms with van der Waals surface area (Å²) in [7, 11) is 0. The molecule has 0 aliphatic heterocycles. The number of pyridine rings is 1. The normalized spacial score (nSPS) is 9.93. The highest BCUT2D eigenvalue weighted by atomic mass is 19.1. The summed E-state index contributed by atoms with van der Waals surface area (Å²) in [4.78, 5) is 3.84. The number of ether oxygens (including phenoxy) is 1. The van der Waals surface area contributed by atoms with E-state index in [0.29, 0.717) is 17.2 Å². The standard InChI is InChI=1S/C11H9FN2O/c12-8-1-2-10(13)11(7-8)15-9-3-5-14-6-4-9/h1-7H,13H2. The lowest BCUT2D eigenvalue weighted by molar-refractivity contribution is 0.478. The van der Waals surface area contributed by atoms with E-state index < -0.39 is 0 Å². The summed E-state index contributed by atoms with van der Waals surface area (Å²) < 4.78 is 18.3. The predicted octanol–water partition coefficient (Wildman–Crippen LogP) is 2.60. The third-order valence-corrected chi connectivity index (χ3v) is 1.85. The summed E-state index contributed by atoms with van der Waals surface area (Å²) in [6, 6.07) is 7.34. The fourth-order valence-electron chi connectivity index (χ4n) is 1.13. The summed E-state index contributed by atoms with van der Waals surface area (Å²) >= 11 is 0. The first kappa shape index (κ1) is 9.45. The Morgan fingerprint density at radius 2 is 1.87 bits per heavy atom. The molecule has 2 aromatic rings. The first-order chi connectivity index (χ1) is 7.25. The third kappa shape index (κ3) is 2.22. The van der Waals surface area contributed by atoms with E-state index in [4.69, 9.17) is 10.5 Å². The number of aromatic nitrogens is 1. The topological polar surface area (TPSA) is 48.1 Å². The highest BCUT2D eigenvalue weighted by Crippen LogP contribution is 2.27. The first-order valence-corrected chi connectivity index (χ1v) is 4.38. The minimum Gasteiger partial charge on any atom is -0.455 e. The van der Waals surface area contributed by atoms with Crippen molar-refractivity contribution in [1.82, 2.24) is 4.98 Å². The van der Waals surface area contributed by atoms with Crippen LogP contribution in [0.5, 0.6) is 11.5 Å². The Labute approximate surface area is 86.3 Å². The van der Waals surface area contributed by atoms with E-state index in [1.54, 1.807) is 24.5 Å². The summed E-state index contributed by atoms with van der Waals surface area (Å²) in [6.45, 7) is 0. The third-order valence-electron chi connectivity index (χ3n) is 1.85. The van der Waals surface area contributed by atoms with Gasteiger partial charge in [-0.05, 0) is 24.3 Å². The van der Waals surface area contributed by atoms with Crippen molar-refractivity contribution in [2.24, 2.45) is 0 Å². The van der Waals surface area contributed by atoms with E-state index in [9.17, 15) is 4.39 Å². The van der Waals surface area contributed by atoms with Gasteiger partial charge >= 0.3 is 0 Å². The number of benzene rings is 1. The quantitative estimate of drug-likeness (QED) is 0.765. The molecule has 0 unspecified atom stereocenters. The van der Waals surface area contributed by atoms with Crippen LogP contribution >= 0.6 is 0 Å². The molecule has 76 valence electrons. The minimum atomic E-state index is -0.381. The van der Waals surface area contributed by atoms with E-state index in [1.165, 1.54) is 18.2 Å². The maximum absolute atomic E-state index is 12.9. The van der Waals surface area contributed by atoms with Gasteiger partial charge in [-0.15, -0.1) is 0 Å². The average Bonchev–Trinajstić information content (AvgIpc) is 2.25. The number of nitrogens with zero attached hydrogens (tertiary/aromatic N) is 1. The summed E-state index contributed by atoms with van der Waals surface area (Å²) in [5.41, 5.74) is 6.03. The molecule has 2 N–H and O–H groups in total. The van der Waals surface area contributed by atoms with Crippen molar-refractivity contribution in [2.45, 2.75) is 0 Å². The monoisotopic (exact) mass is 204 g/mol. The molecule has 2 rings (SSSR count). The fourth-order valence-corrected chi connectivity index (χ4v) is 1.13. The number of halogens is 1. The maximum Gasteiger partial charge on any atom is 0.153 e. The van der Waals surface area contributed by atoms with Crippen LogP contribution in [0.4, 0.5) is 10.1 Å². The van der Waals surface area contributed by atoms with Crippen LogP contribution < -0.4 is 10.5 Å². The van der Waals surface area contributed by atoms with Gasteiger partial charge in [0.2, 0.25) is 0 Å². The Bertz CT molecular complexity index is 459. The van der Waals surface area contributed by atoms with Crippen molar-refractivity contribution in [2.75, 3.05) is 5.73 Å². The molecule has 0 radical (unpaired) electrons. The summed E-state index contributed by atoms with van der Waals surface area (Å²) in [5, 5.41) is 0. The molecule has 1 aromatic heterocycles. The fraction of sp³-hybridized carbons (Fsp3) is 0. The zero-order chi connectivity index (χ0) is 10.7. The molecule has 4 heteroatoms. The van der Waals surface area contributed by atoms with Crippen molar-refractivity contribution in [3.8, 4) is 11.5 Å². The van der Waals surface area contributed by atoms with E-state index in [-0.39, 0.29) is 5.82 Å². The number of anilines is 1. The number of nitrogens with two attached hydrogens (primary N) is 1. The van der Waals surface area contributed by atoms with Crippen LogP contribution in [0.1, 0.15) is 0 Å². The molecule has 0 amide bonds. The van der Waals surface area contributed by atoms with Gasteiger partial charge in [-0.1, -0.05) is 0 Å². The van der Waals surface area contributed by atoms with E-state index >= 15 is 0 Å². The van der Waals surface area contributed by atoms with Gasteiger partial charge in [0, 0.05) is 18.5 Å². The van der Waals surface area contributed by atoms with Crippen LogP contribution in [0.2, 0.25) is 0 Å². The lowest BCUT2D eigenvalue weighted by atomic mass is 10.3. The summed E-state index contributed by atoms with van der Waals surface area (Å²) in [5.74, 6) is 0.497. The predicted molar refractivity (Wildman–Crippen MR) is 55.1 cm³/mol. The first-order valence-electron chi connectivity index (χ1n) is 4.38. The van der Waals surface area contributed by atoms with Crippen molar-refractivity contribution in [3.63, 3.8) is 0 Å².